The summed E-state index contributed by atoms with van der Waals surface area (Å²) in [5.74, 6) is -1.45. The third-order valence-electron chi connectivity index (χ3n) is 3.66. The molecule has 0 bridgehead atoms. The number of fused-ring (bicyclic) bond motifs is 1. The number of methoxy groups -OCH3 is 1. The van der Waals surface area contributed by atoms with E-state index in [-0.39, 0.29) is 23.3 Å². The number of hydrogen-bond donors (Lipinski definition) is 0. The van der Waals surface area contributed by atoms with Crippen LogP contribution in [0.15, 0.2) is 47.5 Å². The first-order valence-electron chi connectivity index (χ1n) is 7.64. The van der Waals surface area contributed by atoms with Crippen molar-refractivity contribution < 1.29 is 18.7 Å². The highest BCUT2D eigenvalue weighted by Gasteiger charge is 2.15. The predicted molar refractivity (Wildman–Crippen MR) is 97.5 cm³/mol. The lowest BCUT2D eigenvalue weighted by Crippen LogP contribution is -2.23. The number of ether oxygens (including phenoxy) is 1. The number of carbonyl (C=O) groups is 2. The first-order chi connectivity index (χ1) is 12.5. The van der Waals surface area contributed by atoms with Crippen LogP contribution in [0.2, 0.25) is 5.02 Å². The lowest BCUT2D eigenvalue weighted by atomic mass is 10.1. The first-order valence-corrected chi connectivity index (χ1v) is 8.84. The molecule has 5 nitrogen and oxygen atoms in total. The van der Waals surface area contributed by atoms with Crippen LogP contribution in [0.5, 0.6) is 0 Å². The van der Waals surface area contributed by atoms with Gasteiger partial charge in [-0.3, -0.25) is 9.59 Å². The summed E-state index contributed by atoms with van der Waals surface area (Å²) in [7, 11) is 1.25. The molecule has 2 aromatic carbocycles. The Labute approximate surface area is 157 Å². The minimum atomic E-state index is -0.556. The Hall–Kier alpha value is -2.51. The molecule has 0 saturated heterocycles. The summed E-state index contributed by atoms with van der Waals surface area (Å²) in [5.41, 5.74) is 0.982. The van der Waals surface area contributed by atoms with Crippen LogP contribution in [0.25, 0.3) is 10.2 Å². The number of hydrogen-bond acceptors (Lipinski definition) is 4. The van der Waals surface area contributed by atoms with Crippen LogP contribution in [0.1, 0.15) is 5.56 Å². The largest absolute Gasteiger partial charge is 0.468 e. The lowest BCUT2D eigenvalue weighted by Gasteiger charge is -2.04. The average Bonchev–Trinajstić information content (AvgIpc) is 2.95. The third-order valence-corrected chi connectivity index (χ3v) is 4.95. The molecule has 3 aromatic rings. The molecule has 0 saturated carbocycles. The molecule has 0 N–H and O–H groups in total. The minimum absolute atomic E-state index is 0.0755. The maximum absolute atomic E-state index is 14.2. The van der Waals surface area contributed by atoms with Gasteiger partial charge in [0, 0.05) is 5.02 Å². The van der Waals surface area contributed by atoms with Gasteiger partial charge in [-0.05, 0) is 29.8 Å². The summed E-state index contributed by atoms with van der Waals surface area (Å²) in [6, 6.07) is 11.4. The number of nitrogens with zero attached hydrogens (tertiary/aromatic N) is 2. The lowest BCUT2D eigenvalue weighted by molar-refractivity contribution is -0.141. The smallest absolute Gasteiger partial charge is 0.325 e. The van der Waals surface area contributed by atoms with Crippen LogP contribution < -0.4 is 4.80 Å². The van der Waals surface area contributed by atoms with Gasteiger partial charge < -0.3 is 9.30 Å². The molecule has 0 unspecified atom stereocenters. The van der Waals surface area contributed by atoms with Gasteiger partial charge in [0.25, 0.3) is 5.91 Å². The van der Waals surface area contributed by atoms with E-state index in [2.05, 4.69) is 9.73 Å². The van der Waals surface area contributed by atoms with Crippen LogP contribution >= 0.6 is 22.9 Å². The van der Waals surface area contributed by atoms with Crippen molar-refractivity contribution in [3.05, 3.63) is 63.7 Å². The van der Waals surface area contributed by atoms with Crippen molar-refractivity contribution in [2.24, 2.45) is 4.99 Å². The zero-order valence-electron chi connectivity index (χ0n) is 13.7. The van der Waals surface area contributed by atoms with E-state index in [0.29, 0.717) is 9.72 Å². The van der Waals surface area contributed by atoms with Crippen molar-refractivity contribution in [3.63, 3.8) is 0 Å². The Balaban J connectivity index is 2.02. The van der Waals surface area contributed by atoms with Crippen molar-refractivity contribution in [3.8, 4) is 0 Å². The van der Waals surface area contributed by atoms with Crippen molar-refractivity contribution in [1.82, 2.24) is 4.57 Å². The highest BCUT2D eigenvalue weighted by atomic mass is 35.5. The number of amides is 1. The average molecular weight is 393 g/mol. The quantitative estimate of drug-likeness (QED) is 0.640. The van der Waals surface area contributed by atoms with Gasteiger partial charge >= 0.3 is 5.97 Å². The molecule has 0 radical (unpaired) electrons. The molecule has 26 heavy (non-hydrogen) atoms. The molecule has 0 aliphatic heterocycles. The van der Waals surface area contributed by atoms with Crippen molar-refractivity contribution in [1.29, 1.82) is 0 Å². The maximum atomic E-state index is 14.2. The Kier molecular flexibility index (Phi) is 5.49. The maximum Gasteiger partial charge on any atom is 0.325 e. The van der Waals surface area contributed by atoms with Crippen molar-refractivity contribution >= 4 is 45.0 Å². The van der Waals surface area contributed by atoms with Crippen molar-refractivity contribution in [2.75, 3.05) is 7.11 Å². The highest BCUT2D eigenvalue weighted by molar-refractivity contribution is 7.16. The van der Waals surface area contributed by atoms with Crippen LogP contribution in [-0.2, 0) is 27.3 Å². The second kappa shape index (κ2) is 7.80. The van der Waals surface area contributed by atoms with Crippen LogP contribution in [0, 0.1) is 5.82 Å². The molecule has 0 aliphatic carbocycles. The fourth-order valence-corrected chi connectivity index (χ4v) is 3.62. The van der Waals surface area contributed by atoms with Crippen LogP contribution in [0.4, 0.5) is 4.39 Å². The topological polar surface area (TPSA) is 60.7 Å². The summed E-state index contributed by atoms with van der Waals surface area (Å²) in [4.78, 5) is 28.3. The predicted octanol–water partition coefficient (Wildman–Crippen LogP) is 3.34. The molecule has 1 aromatic heterocycles. The van der Waals surface area contributed by atoms with E-state index in [1.54, 1.807) is 36.4 Å². The number of para-hydroxylation sites is 1. The van der Waals surface area contributed by atoms with E-state index in [1.807, 2.05) is 0 Å². The number of rotatable bonds is 4. The number of carbonyl (C=O) groups excluding carboxylic acids is 2. The molecule has 8 heteroatoms. The number of esters is 1. The van der Waals surface area contributed by atoms with Gasteiger partial charge in [0.2, 0.25) is 0 Å². The molecule has 0 spiro atoms. The second-order valence-electron chi connectivity index (χ2n) is 5.44. The van der Waals surface area contributed by atoms with E-state index in [4.69, 9.17) is 11.6 Å². The molecule has 134 valence electrons. The van der Waals surface area contributed by atoms with Crippen LogP contribution in [-0.4, -0.2) is 23.6 Å². The Morgan fingerprint density at radius 2 is 1.96 bits per heavy atom. The summed E-state index contributed by atoms with van der Waals surface area (Å²) in [6.07, 6.45) is 0.0755. The SMILES string of the molecule is COC(=O)Cn1c(=NC(=O)Cc2ccc(Cl)cc2)sc2cccc(F)c21. The van der Waals surface area contributed by atoms with Gasteiger partial charge in [-0.25, -0.2) is 4.39 Å². The number of thiazole rings is 1. The van der Waals surface area contributed by atoms with Gasteiger partial charge in [0.05, 0.1) is 23.7 Å². The van der Waals surface area contributed by atoms with E-state index >= 15 is 0 Å². The zero-order valence-corrected chi connectivity index (χ0v) is 15.3. The Morgan fingerprint density at radius 3 is 2.65 bits per heavy atom. The zero-order chi connectivity index (χ0) is 18.7. The van der Waals surface area contributed by atoms with Gasteiger partial charge in [-0.2, -0.15) is 4.99 Å². The van der Waals surface area contributed by atoms with E-state index < -0.39 is 17.7 Å². The number of benzene rings is 2. The fourth-order valence-electron chi connectivity index (χ4n) is 2.44. The molecule has 1 heterocycles. The minimum Gasteiger partial charge on any atom is -0.468 e. The van der Waals surface area contributed by atoms with Gasteiger partial charge in [0.1, 0.15) is 12.4 Å². The molecular weight excluding hydrogens is 379 g/mol. The van der Waals surface area contributed by atoms with Crippen LogP contribution in [0.3, 0.4) is 0 Å². The fraction of sp³-hybridized carbons (Fsp3) is 0.167. The standard InChI is InChI=1S/C18H14ClFN2O3S/c1-25-16(24)10-22-17-13(20)3-2-4-14(17)26-18(22)21-15(23)9-11-5-7-12(19)8-6-11/h2-8H,9-10H2,1H3. The molecule has 1 amide bonds. The molecule has 3 rings (SSSR count). The summed E-state index contributed by atoms with van der Waals surface area (Å²) >= 11 is 6.97. The molecule has 0 atom stereocenters. The van der Waals surface area contributed by atoms with Gasteiger partial charge in [-0.1, -0.05) is 41.1 Å². The van der Waals surface area contributed by atoms with E-state index in [0.717, 1.165) is 16.9 Å². The van der Waals surface area contributed by atoms with Gasteiger partial charge in [-0.15, -0.1) is 0 Å². The normalized spacial score (nSPS) is 11.7. The number of aromatic nitrogens is 1. The second-order valence-corrected chi connectivity index (χ2v) is 6.89. The summed E-state index contributed by atoms with van der Waals surface area (Å²) < 4.78 is 20.8. The summed E-state index contributed by atoms with van der Waals surface area (Å²) in [5, 5.41) is 0.578. The van der Waals surface area contributed by atoms with Gasteiger partial charge in [0.15, 0.2) is 4.80 Å². The Bertz CT molecular complexity index is 1040. The highest BCUT2D eigenvalue weighted by Crippen LogP contribution is 2.20. The molecule has 0 fully saturated rings. The monoisotopic (exact) mass is 392 g/mol. The number of halogens is 2. The molecule has 0 aliphatic rings. The van der Waals surface area contributed by atoms with Crippen molar-refractivity contribution in [2.45, 2.75) is 13.0 Å². The van der Waals surface area contributed by atoms with E-state index in [1.165, 1.54) is 17.7 Å². The first kappa shape index (κ1) is 18.3. The Morgan fingerprint density at radius 1 is 1.23 bits per heavy atom. The third kappa shape index (κ3) is 4.00. The molecular formula is C18H14ClFN2O3S. The van der Waals surface area contributed by atoms with E-state index in [9.17, 15) is 14.0 Å². The summed E-state index contributed by atoms with van der Waals surface area (Å²) in [6.45, 7) is -0.232.